The van der Waals surface area contributed by atoms with Crippen LogP contribution in [-0.2, 0) is 22.3 Å². The summed E-state index contributed by atoms with van der Waals surface area (Å²) in [5.74, 6) is 0.882. The number of ether oxygens (including phenoxy) is 2. The van der Waals surface area contributed by atoms with E-state index in [9.17, 15) is 18.0 Å². The number of pyridine rings is 1. The average molecular weight is 604 g/mol. The largest absolute Gasteiger partial charge is 0.444 e. The van der Waals surface area contributed by atoms with Crippen LogP contribution >= 0.6 is 11.8 Å². The Morgan fingerprint density at radius 3 is 2.43 bits per heavy atom. The maximum absolute atomic E-state index is 13.0. The maximum atomic E-state index is 13.0. The SMILES string of the molecule is Cc1cc(COCCCCCSc2ccnc3cc(C(F)(F)F)ccc23)ccc1N1CCN(C(=O)OC(C)(C)C)CC1. The molecule has 42 heavy (non-hydrogen) atoms. The van der Waals surface area contributed by atoms with Crippen LogP contribution < -0.4 is 4.90 Å². The van der Waals surface area contributed by atoms with E-state index in [1.807, 2.05) is 26.8 Å². The lowest BCUT2D eigenvalue weighted by Crippen LogP contribution is -2.50. The minimum absolute atomic E-state index is 0.251. The van der Waals surface area contributed by atoms with Crippen molar-refractivity contribution in [1.82, 2.24) is 9.88 Å². The fraction of sp³-hybridized carbons (Fsp3) is 0.500. The zero-order valence-corrected chi connectivity index (χ0v) is 25.6. The maximum Gasteiger partial charge on any atom is 0.416 e. The fourth-order valence-corrected chi connectivity index (χ4v) is 5.95. The van der Waals surface area contributed by atoms with Gasteiger partial charge in [-0.05, 0) is 81.7 Å². The van der Waals surface area contributed by atoms with E-state index in [1.165, 1.54) is 17.3 Å². The number of thioether (sulfide) groups is 1. The van der Waals surface area contributed by atoms with Crippen molar-refractivity contribution in [2.75, 3.05) is 43.4 Å². The summed E-state index contributed by atoms with van der Waals surface area (Å²) in [6.45, 7) is 11.8. The third kappa shape index (κ3) is 9.01. The van der Waals surface area contributed by atoms with Crippen molar-refractivity contribution < 1.29 is 27.4 Å². The lowest BCUT2D eigenvalue weighted by molar-refractivity contribution is -0.137. The molecule has 10 heteroatoms. The highest BCUT2D eigenvalue weighted by molar-refractivity contribution is 7.99. The van der Waals surface area contributed by atoms with Gasteiger partial charge in [0.25, 0.3) is 0 Å². The number of hydrogen-bond donors (Lipinski definition) is 0. The molecule has 228 valence electrons. The fourth-order valence-electron chi connectivity index (χ4n) is 4.90. The van der Waals surface area contributed by atoms with E-state index in [1.54, 1.807) is 22.9 Å². The van der Waals surface area contributed by atoms with Crippen LogP contribution in [0, 0.1) is 6.92 Å². The highest BCUT2D eigenvalue weighted by Crippen LogP contribution is 2.34. The van der Waals surface area contributed by atoms with E-state index in [2.05, 4.69) is 35.0 Å². The molecule has 3 aromatic rings. The minimum atomic E-state index is -4.37. The molecule has 1 fully saturated rings. The first kappa shape index (κ1) is 31.9. The van der Waals surface area contributed by atoms with Gasteiger partial charge >= 0.3 is 12.3 Å². The van der Waals surface area contributed by atoms with Crippen LogP contribution in [0.3, 0.4) is 0 Å². The number of halogens is 3. The molecule has 2 heterocycles. The number of carbonyl (C=O) groups excluding carboxylic acids is 1. The number of amides is 1. The van der Waals surface area contributed by atoms with Gasteiger partial charge in [-0.3, -0.25) is 4.98 Å². The van der Waals surface area contributed by atoms with Crippen LogP contribution in [0.2, 0.25) is 0 Å². The smallest absolute Gasteiger partial charge is 0.416 e. The van der Waals surface area contributed by atoms with Gasteiger partial charge in [0.2, 0.25) is 0 Å². The topological polar surface area (TPSA) is 54.9 Å². The molecule has 2 aromatic carbocycles. The van der Waals surface area contributed by atoms with Crippen LogP contribution in [0.5, 0.6) is 0 Å². The standard InChI is InChI=1S/C32H40F3N3O3S/c1-23-20-24(8-11-28(23)37-14-16-38(17-15-37)30(39)41-31(2,3)4)22-40-18-6-5-7-19-42-29-12-13-36-27-21-25(32(33,34)35)9-10-26(27)29/h8-13,20-21H,5-7,14-19,22H2,1-4H3. The molecule has 0 N–H and O–H groups in total. The predicted octanol–water partition coefficient (Wildman–Crippen LogP) is 8.10. The van der Waals surface area contributed by atoms with E-state index >= 15 is 0 Å². The number of anilines is 1. The molecule has 1 aliphatic heterocycles. The first-order chi connectivity index (χ1) is 19.9. The molecule has 1 amide bonds. The zero-order chi connectivity index (χ0) is 30.3. The third-order valence-corrected chi connectivity index (χ3v) is 8.18. The summed E-state index contributed by atoms with van der Waals surface area (Å²) in [4.78, 5) is 21.5. The van der Waals surface area contributed by atoms with Crippen LogP contribution in [0.1, 0.15) is 56.7 Å². The van der Waals surface area contributed by atoms with Gasteiger partial charge in [-0.25, -0.2) is 4.79 Å². The molecule has 1 aliphatic rings. The first-order valence-electron chi connectivity index (χ1n) is 14.4. The van der Waals surface area contributed by atoms with Crippen molar-refractivity contribution in [2.45, 2.75) is 70.2 Å². The second-order valence-electron chi connectivity index (χ2n) is 11.6. The number of aromatic nitrogens is 1. The molecule has 6 nitrogen and oxygen atoms in total. The highest BCUT2D eigenvalue weighted by Gasteiger charge is 2.30. The Balaban J connectivity index is 1.13. The third-order valence-electron chi connectivity index (χ3n) is 7.02. The van der Waals surface area contributed by atoms with Crippen molar-refractivity contribution in [2.24, 2.45) is 0 Å². The number of alkyl halides is 3. The second kappa shape index (κ2) is 14.0. The number of benzene rings is 2. The molecular formula is C32H40F3N3O3S. The first-order valence-corrected chi connectivity index (χ1v) is 15.4. The molecule has 0 radical (unpaired) electrons. The van der Waals surface area contributed by atoms with Crippen molar-refractivity contribution >= 4 is 34.4 Å². The van der Waals surface area contributed by atoms with E-state index in [0.717, 1.165) is 66.1 Å². The number of nitrogens with zero attached hydrogens (tertiary/aromatic N) is 3. The number of piperazine rings is 1. The number of carbonyl (C=O) groups is 1. The summed E-state index contributed by atoms with van der Waals surface area (Å²) >= 11 is 1.65. The summed E-state index contributed by atoms with van der Waals surface area (Å²) in [7, 11) is 0. The minimum Gasteiger partial charge on any atom is -0.444 e. The molecule has 0 unspecified atom stereocenters. The molecule has 4 rings (SSSR count). The molecule has 0 bridgehead atoms. The number of unbranched alkanes of at least 4 members (excludes halogenated alkanes) is 2. The number of fused-ring (bicyclic) bond motifs is 1. The number of aryl methyl sites for hydroxylation is 1. The zero-order valence-electron chi connectivity index (χ0n) is 24.8. The highest BCUT2D eigenvalue weighted by atomic mass is 32.2. The number of rotatable bonds is 10. The van der Waals surface area contributed by atoms with Crippen molar-refractivity contribution in [1.29, 1.82) is 0 Å². The van der Waals surface area contributed by atoms with Crippen molar-refractivity contribution in [3.8, 4) is 0 Å². The van der Waals surface area contributed by atoms with Gasteiger partial charge in [0.05, 0.1) is 17.7 Å². The summed E-state index contributed by atoms with van der Waals surface area (Å²) in [6, 6.07) is 12.0. The molecule has 0 saturated carbocycles. The van der Waals surface area contributed by atoms with Gasteiger partial charge < -0.3 is 19.3 Å². The van der Waals surface area contributed by atoms with Crippen LogP contribution in [-0.4, -0.2) is 60.1 Å². The molecule has 1 aromatic heterocycles. The summed E-state index contributed by atoms with van der Waals surface area (Å²) in [6.07, 6.45) is -0.0933. The quantitative estimate of drug-likeness (QED) is 0.172. The van der Waals surface area contributed by atoms with E-state index in [-0.39, 0.29) is 6.09 Å². The van der Waals surface area contributed by atoms with Gasteiger partial charge in [-0.2, -0.15) is 13.2 Å². The summed E-state index contributed by atoms with van der Waals surface area (Å²) in [5, 5.41) is 0.753. The normalized spacial score (nSPS) is 14.5. The van der Waals surface area contributed by atoms with Crippen LogP contribution in [0.25, 0.3) is 10.9 Å². The Morgan fingerprint density at radius 1 is 0.976 bits per heavy atom. The average Bonchev–Trinajstić information content (AvgIpc) is 2.93. The van der Waals surface area contributed by atoms with Gasteiger partial charge in [0.15, 0.2) is 0 Å². The lowest BCUT2D eigenvalue weighted by Gasteiger charge is -2.37. The van der Waals surface area contributed by atoms with E-state index in [4.69, 9.17) is 9.47 Å². The molecule has 0 aliphatic carbocycles. The summed E-state index contributed by atoms with van der Waals surface area (Å²) in [5.41, 5.74) is 2.71. The molecule has 0 atom stereocenters. The Morgan fingerprint density at radius 2 is 1.74 bits per heavy atom. The van der Waals surface area contributed by atoms with E-state index in [0.29, 0.717) is 31.8 Å². The Bertz CT molecular complexity index is 1350. The van der Waals surface area contributed by atoms with Gasteiger partial charge in [0, 0.05) is 55.0 Å². The van der Waals surface area contributed by atoms with Gasteiger partial charge in [-0.15, -0.1) is 11.8 Å². The Kier molecular flexibility index (Phi) is 10.6. The molecular weight excluding hydrogens is 563 g/mol. The Labute approximate surface area is 250 Å². The summed E-state index contributed by atoms with van der Waals surface area (Å²) < 4.78 is 50.4. The van der Waals surface area contributed by atoms with Crippen molar-refractivity contribution in [3.63, 3.8) is 0 Å². The van der Waals surface area contributed by atoms with Crippen molar-refractivity contribution in [3.05, 3.63) is 65.4 Å². The van der Waals surface area contributed by atoms with Gasteiger partial charge in [-0.1, -0.05) is 24.6 Å². The monoisotopic (exact) mass is 603 g/mol. The molecule has 0 spiro atoms. The van der Waals surface area contributed by atoms with E-state index < -0.39 is 17.3 Å². The van der Waals surface area contributed by atoms with Crippen LogP contribution in [0.4, 0.5) is 23.7 Å². The van der Waals surface area contributed by atoms with Gasteiger partial charge in [0.1, 0.15) is 5.60 Å². The molecule has 1 saturated heterocycles. The predicted molar refractivity (Wildman–Crippen MR) is 162 cm³/mol. The van der Waals surface area contributed by atoms with Crippen LogP contribution in [0.15, 0.2) is 53.6 Å². The number of hydrogen-bond acceptors (Lipinski definition) is 6. The lowest BCUT2D eigenvalue weighted by atomic mass is 10.1. The second-order valence-corrected chi connectivity index (χ2v) is 12.7. The Hall–Kier alpha value is -2.98.